The molecule has 0 aromatic heterocycles. The molecule has 4 atom stereocenters. The number of nitrogens with one attached hydrogen (secondary N) is 1. The quantitative estimate of drug-likeness (QED) is 0.770. The van der Waals surface area contributed by atoms with Gasteiger partial charge in [-0.05, 0) is 25.7 Å². The molecular weight excluding hydrogens is 236 g/mol. The van der Waals surface area contributed by atoms with E-state index in [1.165, 1.54) is 6.42 Å². The first-order valence-electron chi connectivity index (χ1n) is 8.08. The van der Waals surface area contributed by atoms with Gasteiger partial charge in [-0.3, -0.25) is 4.90 Å². The van der Waals surface area contributed by atoms with Gasteiger partial charge in [-0.15, -0.1) is 0 Å². The summed E-state index contributed by atoms with van der Waals surface area (Å²) in [7, 11) is 0. The Hall–Kier alpha value is -0.120. The van der Waals surface area contributed by atoms with Crippen molar-refractivity contribution in [2.75, 3.05) is 26.3 Å². The summed E-state index contributed by atoms with van der Waals surface area (Å²) in [6.45, 7) is 17.6. The third-order valence-electron chi connectivity index (χ3n) is 4.67. The van der Waals surface area contributed by atoms with E-state index in [9.17, 15) is 0 Å². The van der Waals surface area contributed by atoms with Crippen molar-refractivity contribution in [2.45, 2.75) is 66.1 Å². The van der Waals surface area contributed by atoms with Crippen LogP contribution < -0.4 is 5.32 Å². The molecule has 1 aliphatic rings. The molecule has 0 saturated carbocycles. The average molecular weight is 270 g/mol. The molecule has 1 rings (SSSR count). The van der Waals surface area contributed by atoms with E-state index in [4.69, 9.17) is 4.74 Å². The van der Waals surface area contributed by atoms with E-state index < -0.39 is 0 Å². The molecule has 1 N–H and O–H groups in total. The van der Waals surface area contributed by atoms with E-state index in [2.05, 4.69) is 51.8 Å². The van der Waals surface area contributed by atoms with E-state index in [0.29, 0.717) is 24.0 Å². The summed E-state index contributed by atoms with van der Waals surface area (Å²) in [6.07, 6.45) is 1.25. The van der Waals surface area contributed by atoms with Crippen molar-refractivity contribution in [3.05, 3.63) is 0 Å². The number of piperazine rings is 1. The van der Waals surface area contributed by atoms with Crippen molar-refractivity contribution in [1.29, 1.82) is 0 Å². The minimum atomic E-state index is 0.545. The summed E-state index contributed by atoms with van der Waals surface area (Å²) in [5.41, 5.74) is 0. The van der Waals surface area contributed by atoms with Gasteiger partial charge < -0.3 is 10.1 Å². The monoisotopic (exact) mass is 270 g/mol. The van der Waals surface area contributed by atoms with Crippen LogP contribution in [0.1, 0.15) is 48.0 Å². The van der Waals surface area contributed by atoms with Crippen LogP contribution in [0.5, 0.6) is 0 Å². The van der Waals surface area contributed by atoms with Gasteiger partial charge in [0.25, 0.3) is 0 Å². The Labute approximate surface area is 120 Å². The summed E-state index contributed by atoms with van der Waals surface area (Å²) in [5.74, 6) is 1.39. The van der Waals surface area contributed by atoms with E-state index in [1.807, 2.05) is 0 Å². The van der Waals surface area contributed by atoms with Crippen LogP contribution in [-0.4, -0.2) is 49.3 Å². The largest absolute Gasteiger partial charge is 0.380 e. The molecule has 0 amide bonds. The van der Waals surface area contributed by atoms with Crippen molar-refractivity contribution in [3.8, 4) is 0 Å². The molecule has 3 heteroatoms. The van der Waals surface area contributed by atoms with E-state index >= 15 is 0 Å². The fraction of sp³-hybridized carbons (Fsp3) is 1.00. The highest BCUT2D eigenvalue weighted by atomic mass is 16.5. The molecule has 4 unspecified atom stereocenters. The van der Waals surface area contributed by atoms with E-state index in [1.54, 1.807) is 0 Å². The minimum absolute atomic E-state index is 0.545. The molecule has 0 bridgehead atoms. The Morgan fingerprint density at radius 3 is 2.47 bits per heavy atom. The highest BCUT2D eigenvalue weighted by Crippen LogP contribution is 2.21. The first-order valence-corrected chi connectivity index (χ1v) is 8.08. The predicted molar refractivity (Wildman–Crippen MR) is 82.5 cm³/mol. The molecule has 0 spiro atoms. The lowest BCUT2D eigenvalue weighted by atomic mass is 9.92. The lowest BCUT2D eigenvalue weighted by Crippen LogP contribution is -2.61. The summed E-state index contributed by atoms with van der Waals surface area (Å²) < 4.78 is 5.72. The molecular formula is C16H34N2O. The highest BCUT2D eigenvalue weighted by molar-refractivity contribution is 4.90. The molecule has 114 valence electrons. The van der Waals surface area contributed by atoms with Crippen molar-refractivity contribution in [3.63, 3.8) is 0 Å². The van der Waals surface area contributed by atoms with Crippen LogP contribution in [0.3, 0.4) is 0 Å². The zero-order valence-corrected chi connectivity index (χ0v) is 13.8. The van der Waals surface area contributed by atoms with Gasteiger partial charge in [0.15, 0.2) is 0 Å². The molecule has 1 heterocycles. The average Bonchev–Trinajstić information content (AvgIpc) is 2.39. The topological polar surface area (TPSA) is 24.5 Å². The summed E-state index contributed by atoms with van der Waals surface area (Å²) in [6, 6.07) is 1.78. The Morgan fingerprint density at radius 2 is 1.95 bits per heavy atom. The lowest BCUT2D eigenvalue weighted by molar-refractivity contribution is -0.0000582. The van der Waals surface area contributed by atoms with Gasteiger partial charge in [-0.1, -0.05) is 34.1 Å². The van der Waals surface area contributed by atoms with Crippen LogP contribution >= 0.6 is 0 Å². The van der Waals surface area contributed by atoms with Gasteiger partial charge in [0, 0.05) is 37.8 Å². The normalized spacial score (nSPS) is 28.6. The standard InChI is InChI=1S/C16H34N2O/c1-7-13(5)15-10-18(14(6)9-17-15)16(12(3)4)11-19-8-2/h12-17H,7-11H2,1-6H3. The second kappa shape index (κ2) is 8.23. The molecule has 1 saturated heterocycles. The van der Waals surface area contributed by atoms with Gasteiger partial charge in [0.1, 0.15) is 0 Å². The van der Waals surface area contributed by atoms with Gasteiger partial charge >= 0.3 is 0 Å². The highest BCUT2D eigenvalue weighted by Gasteiger charge is 2.33. The van der Waals surface area contributed by atoms with Crippen LogP contribution in [0, 0.1) is 11.8 Å². The fourth-order valence-electron chi connectivity index (χ4n) is 2.95. The van der Waals surface area contributed by atoms with Crippen LogP contribution in [-0.2, 0) is 4.74 Å². The number of hydrogen-bond donors (Lipinski definition) is 1. The fourth-order valence-corrected chi connectivity index (χ4v) is 2.95. The molecule has 3 nitrogen and oxygen atoms in total. The smallest absolute Gasteiger partial charge is 0.0624 e. The van der Waals surface area contributed by atoms with Crippen molar-refractivity contribution >= 4 is 0 Å². The zero-order valence-electron chi connectivity index (χ0n) is 13.8. The van der Waals surface area contributed by atoms with Gasteiger partial charge in [-0.25, -0.2) is 0 Å². The maximum absolute atomic E-state index is 5.72. The number of hydrogen-bond acceptors (Lipinski definition) is 3. The minimum Gasteiger partial charge on any atom is -0.380 e. The molecule has 0 aromatic rings. The molecule has 0 radical (unpaired) electrons. The van der Waals surface area contributed by atoms with Gasteiger partial charge in [0.2, 0.25) is 0 Å². The lowest BCUT2D eigenvalue weighted by Gasteiger charge is -2.46. The summed E-state index contributed by atoms with van der Waals surface area (Å²) in [4.78, 5) is 2.67. The second-order valence-electron chi connectivity index (χ2n) is 6.42. The summed E-state index contributed by atoms with van der Waals surface area (Å²) in [5, 5.41) is 3.72. The van der Waals surface area contributed by atoms with Crippen LogP contribution in [0.4, 0.5) is 0 Å². The van der Waals surface area contributed by atoms with Crippen LogP contribution in [0.2, 0.25) is 0 Å². The molecule has 0 aromatic carbocycles. The van der Waals surface area contributed by atoms with Crippen LogP contribution in [0.25, 0.3) is 0 Å². The molecule has 1 fully saturated rings. The first kappa shape index (κ1) is 16.9. The third kappa shape index (κ3) is 4.73. The number of ether oxygens (including phenoxy) is 1. The van der Waals surface area contributed by atoms with Gasteiger partial charge in [0.05, 0.1) is 6.61 Å². The maximum Gasteiger partial charge on any atom is 0.0624 e. The van der Waals surface area contributed by atoms with Crippen molar-refractivity contribution in [1.82, 2.24) is 10.2 Å². The summed E-state index contributed by atoms with van der Waals surface area (Å²) >= 11 is 0. The van der Waals surface area contributed by atoms with Gasteiger partial charge in [-0.2, -0.15) is 0 Å². The van der Waals surface area contributed by atoms with Crippen LogP contribution in [0.15, 0.2) is 0 Å². The van der Waals surface area contributed by atoms with E-state index in [-0.39, 0.29) is 0 Å². The Morgan fingerprint density at radius 1 is 1.26 bits per heavy atom. The van der Waals surface area contributed by atoms with Crippen molar-refractivity contribution in [2.24, 2.45) is 11.8 Å². The Balaban J connectivity index is 2.69. The number of nitrogens with zero attached hydrogens (tertiary/aromatic N) is 1. The Kier molecular flexibility index (Phi) is 7.33. The first-order chi connectivity index (χ1) is 9.01. The molecule has 19 heavy (non-hydrogen) atoms. The van der Waals surface area contributed by atoms with E-state index in [0.717, 1.165) is 32.2 Å². The maximum atomic E-state index is 5.72. The number of rotatable bonds is 7. The third-order valence-corrected chi connectivity index (χ3v) is 4.67. The SMILES string of the molecule is CCOCC(C(C)C)N1CC(C(C)CC)NCC1C. The zero-order chi connectivity index (χ0) is 14.4. The molecule has 1 aliphatic heterocycles. The molecule has 0 aliphatic carbocycles. The second-order valence-corrected chi connectivity index (χ2v) is 6.42. The predicted octanol–water partition coefficient (Wildman–Crippen LogP) is 2.76. The van der Waals surface area contributed by atoms with Crippen molar-refractivity contribution < 1.29 is 4.74 Å². The Bertz CT molecular complexity index is 245.